The van der Waals surface area contributed by atoms with Crippen molar-refractivity contribution in [1.82, 2.24) is 9.55 Å². The molecule has 0 saturated carbocycles. The molecule has 0 bridgehead atoms. The van der Waals surface area contributed by atoms with E-state index in [1.165, 1.54) is 18.1 Å². The van der Waals surface area contributed by atoms with Gasteiger partial charge in [-0.1, -0.05) is 30.3 Å². The maximum Gasteiger partial charge on any atom is 0.329 e. The molecule has 0 atom stereocenters. The number of H-pyrrole nitrogens is 1. The molecule has 0 aliphatic heterocycles. The molecule has 1 N–H and O–H groups in total. The van der Waals surface area contributed by atoms with Crippen molar-refractivity contribution in [2.45, 2.75) is 0 Å². The second-order valence-corrected chi connectivity index (χ2v) is 4.04. The minimum atomic E-state index is -0.468. The molecule has 0 amide bonds. The average molecular weight is 258 g/mol. The number of hydrazone groups is 1. The summed E-state index contributed by atoms with van der Waals surface area (Å²) in [5, 5.41) is 5.61. The fourth-order valence-corrected chi connectivity index (χ4v) is 1.47. The number of anilines is 1. The summed E-state index contributed by atoms with van der Waals surface area (Å²) < 4.78 is 0.998. The maximum atomic E-state index is 11.5. The zero-order valence-corrected chi connectivity index (χ0v) is 10.7. The van der Waals surface area contributed by atoms with Crippen molar-refractivity contribution < 1.29 is 0 Å². The number of nitrogens with zero attached hydrogens (tertiary/aromatic N) is 3. The monoisotopic (exact) mass is 258 g/mol. The lowest BCUT2D eigenvalue weighted by Gasteiger charge is -2.12. The Bertz CT molecular complexity index is 669. The zero-order chi connectivity index (χ0) is 13.8. The lowest BCUT2D eigenvalue weighted by molar-refractivity contribution is 0.766. The number of hydrogen-bond donors (Lipinski definition) is 1. The molecular formula is C13H14N4O2. The van der Waals surface area contributed by atoms with Crippen molar-refractivity contribution in [3.8, 4) is 0 Å². The van der Waals surface area contributed by atoms with Crippen molar-refractivity contribution >= 4 is 12.0 Å². The Morgan fingerprint density at radius 3 is 2.58 bits per heavy atom. The molecule has 1 aromatic carbocycles. The van der Waals surface area contributed by atoms with Crippen molar-refractivity contribution in [3.05, 3.63) is 62.8 Å². The molecule has 0 fully saturated rings. The highest BCUT2D eigenvalue weighted by Gasteiger charge is 2.03. The molecule has 19 heavy (non-hydrogen) atoms. The van der Waals surface area contributed by atoms with Gasteiger partial charge in [-0.15, -0.1) is 0 Å². The van der Waals surface area contributed by atoms with Gasteiger partial charge in [0.1, 0.15) is 5.82 Å². The second kappa shape index (κ2) is 5.34. The first-order chi connectivity index (χ1) is 9.08. The van der Waals surface area contributed by atoms with Crippen LogP contribution in [0.5, 0.6) is 0 Å². The molecule has 0 unspecified atom stereocenters. The summed E-state index contributed by atoms with van der Waals surface area (Å²) in [6, 6.07) is 10.9. The fourth-order valence-electron chi connectivity index (χ4n) is 1.47. The first kappa shape index (κ1) is 12.8. The smallest absolute Gasteiger partial charge is 0.292 e. The number of hydrogen-bond acceptors (Lipinski definition) is 4. The Hall–Kier alpha value is -2.63. The molecule has 2 rings (SSSR count). The molecule has 0 aliphatic rings. The largest absolute Gasteiger partial charge is 0.329 e. The van der Waals surface area contributed by atoms with E-state index in [1.807, 2.05) is 30.3 Å². The summed E-state index contributed by atoms with van der Waals surface area (Å²) >= 11 is 0. The van der Waals surface area contributed by atoms with Gasteiger partial charge in [-0.05, 0) is 5.56 Å². The molecule has 2 aromatic rings. The third kappa shape index (κ3) is 2.98. The molecule has 0 aliphatic carbocycles. The van der Waals surface area contributed by atoms with Gasteiger partial charge in [0.05, 0.1) is 6.21 Å². The van der Waals surface area contributed by atoms with Crippen LogP contribution in [0.15, 0.2) is 51.1 Å². The molecule has 6 nitrogen and oxygen atoms in total. The van der Waals surface area contributed by atoms with Gasteiger partial charge in [0, 0.05) is 20.2 Å². The van der Waals surface area contributed by atoms with Crippen LogP contribution >= 0.6 is 0 Å². The highest BCUT2D eigenvalue weighted by Crippen LogP contribution is 2.03. The van der Waals surface area contributed by atoms with E-state index in [-0.39, 0.29) is 5.56 Å². The van der Waals surface area contributed by atoms with Gasteiger partial charge in [-0.3, -0.25) is 19.4 Å². The van der Waals surface area contributed by atoms with E-state index in [0.717, 1.165) is 10.1 Å². The summed E-state index contributed by atoms with van der Waals surface area (Å²) in [6.07, 6.45) is 1.65. The minimum absolute atomic E-state index is 0.347. The van der Waals surface area contributed by atoms with E-state index >= 15 is 0 Å². The Balaban J connectivity index is 2.26. The third-order valence-corrected chi connectivity index (χ3v) is 2.66. The number of benzene rings is 1. The highest BCUT2D eigenvalue weighted by atomic mass is 16.2. The second-order valence-electron chi connectivity index (χ2n) is 4.04. The molecule has 98 valence electrons. The van der Waals surface area contributed by atoms with E-state index in [4.69, 9.17) is 0 Å². The normalized spacial score (nSPS) is 10.8. The predicted octanol–water partition coefficient (Wildman–Crippen LogP) is 0.544. The van der Waals surface area contributed by atoms with E-state index in [9.17, 15) is 9.59 Å². The van der Waals surface area contributed by atoms with Crippen LogP contribution in [0.4, 0.5) is 5.82 Å². The highest BCUT2D eigenvalue weighted by molar-refractivity contribution is 5.80. The Morgan fingerprint density at radius 1 is 1.26 bits per heavy atom. The zero-order valence-electron chi connectivity index (χ0n) is 10.7. The lowest BCUT2D eigenvalue weighted by Crippen LogP contribution is -2.33. The number of nitrogens with one attached hydrogen (secondary N) is 1. The topological polar surface area (TPSA) is 70.5 Å². The predicted molar refractivity (Wildman–Crippen MR) is 74.7 cm³/mol. The standard InChI is InChI=1S/C13H14N4O2/c1-16-12(18)8-11(15-13(16)19)17(2)14-9-10-6-4-3-5-7-10/h3-9H,1-2H3,(H,15,19)/b14-9-. The summed E-state index contributed by atoms with van der Waals surface area (Å²) in [7, 11) is 3.07. The third-order valence-electron chi connectivity index (χ3n) is 2.66. The van der Waals surface area contributed by atoms with Crippen LogP contribution in [0.2, 0.25) is 0 Å². The molecule has 1 aromatic heterocycles. The van der Waals surface area contributed by atoms with Crippen molar-refractivity contribution in [3.63, 3.8) is 0 Å². The Morgan fingerprint density at radius 2 is 1.95 bits per heavy atom. The van der Waals surface area contributed by atoms with E-state index in [2.05, 4.69) is 10.1 Å². The molecule has 0 saturated heterocycles. The molecular weight excluding hydrogens is 244 g/mol. The number of aromatic amines is 1. The van der Waals surface area contributed by atoms with Crippen LogP contribution in [0.1, 0.15) is 5.56 Å². The van der Waals surface area contributed by atoms with Crippen LogP contribution in [0, 0.1) is 0 Å². The molecule has 0 radical (unpaired) electrons. The van der Waals surface area contributed by atoms with Crippen molar-refractivity contribution in [2.75, 3.05) is 12.1 Å². The quantitative estimate of drug-likeness (QED) is 0.645. The van der Waals surface area contributed by atoms with Crippen molar-refractivity contribution in [1.29, 1.82) is 0 Å². The van der Waals surface area contributed by atoms with E-state index in [1.54, 1.807) is 13.3 Å². The first-order valence-corrected chi connectivity index (χ1v) is 5.71. The fraction of sp³-hybridized carbons (Fsp3) is 0.154. The Kier molecular flexibility index (Phi) is 3.61. The van der Waals surface area contributed by atoms with E-state index < -0.39 is 5.69 Å². The van der Waals surface area contributed by atoms with Crippen LogP contribution in [-0.2, 0) is 7.05 Å². The number of aromatic nitrogens is 2. The van der Waals surface area contributed by atoms with Gasteiger partial charge in [0.2, 0.25) is 0 Å². The number of rotatable bonds is 3. The summed E-state index contributed by atoms with van der Waals surface area (Å²) in [5.41, 5.74) is 0.0882. The molecule has 6 heteroatoms. The van der Waals surface area contributed by atoms with Crippen LogP contribution < -0.4 is 16.3 Å². The Labute approximate surface area is 109 Å². The molecule has 0 spiro atoms. The summed E-state index contributed by atoms with van der Waals surface area (Å²) in [6.45, 7) is 0. The maximum absolute atomic E-state index is 11.5. The van der Waals surface area contributed by atoms with Gasteiger partial charge in [-0.25, -0.2) is 4.79 Å². The first-order valence-electron chi connectivity index (χ1n) is 5.71. The van der Waals surface area contributed by atoms with Gasteiger partial charge in [-0.2, -0.15) is 5.10 Å². The average Bonchev–Trinajstić information content (AvgIpc) is 2.42. The van der Waals surface area contributed by atoms with Crippen LogP contribution in [-0.4, -0.2) is 22.8 Å². The van der Waals surface area contributed by atoms with Gasteiger partial charge < -0.3 is 0 Å². The van der Waals surface area contributed by atoms with Gasteiger partial charge in [0.25, 0.3) is 5.56 Å². The van der Waals surface area contributed by atoms with Crippen LogP contribution in [0.25, 0.3) is 0 Å². The summed E-state index contributed by atoms with van der Waals surface area (Å²) in [4.78, 5) is 25.5. The lowest BCUT2D eigenvalue weighted by atomic mass is 10.2. The van der Waals surface area contributed by atoms with Gasteiger partial charge >= 0.3 is 5.69 Å². The van der Waals surface area contributed by atoms with Crippen LogP contribution in [0.3, 0.4) is 0 Å². The SMILES string of the molecule is CN(/N=C\c1ccccc1)c1cc(=O)n(C)c(=O)[nH]1. The van der Waals surface area contributed by atoms with Gasteiger partial charge in [0.15, 0.2) is 0 Å². The van der Waals surface area contributed by atoms with E-state index in [0.29, 0.717) is 5.82 Å². The van der Waals surface area contributed by atoms with Crippen molar-refractivity contribution in [2.24, 2.45) is 12.1 Å². The molecule has 1 heterocycles. The summed E-state index contributed by atoms with van der Waals surface area (Å²) in [5.74, 6) is 0.347. The minimum Gasteiger partial charge on any atom is -0.292 e.